The molecule has 0 aliphatic carbocycles. The molecular weight excluding hydrogens is 286 g/mol. The molecule has 0 atom stereocenters. The number of aromatic nitrogens is 1. The van der Waals surface area contributed by atoms with Crippen LogP contribution in [0, 0.1) is 0 Å². The average molecular weight is 330 g/mol. The largest absolute Gasteiger partial charge is 0.395 e. The zero-order valence-corrected chi connectivity index (χ0v) is 17.4. The zero-order chi connectivity index (χ0) is 19.1. The minimum Gasteiger partial charge on any atom is -0.395 e. The van der Waals surface area contributed by atoms with Crippen molar-refractivity contribution in [1.29, 1.82) is 0 Å². The van der Waals surface area contributed by atoms with Crippen LogP contribution in [0.1, 0.15) is 47.1 Å². The van der Waals surface area contributed by atoms with E-state index in [0.717, 1.165) is 19.5 Å². The molecule has 0 spiro atoms. The monoisotopic (exact) mass is 329 g/mol. The third-order valence-corrected chi connectivity index (χ3v) is 2.14. The molecule has 140 valence electrons. The number of nitrogens with zero attached hydrogens (tertiary/aromatic N) is 3. The fourth-order valence-corrected chi connectivity index (χ4v) is 1.10. The predicted octanol–water partition coefficient (Wildman–Crippen LogP) is 3.80. The van der Waals surface area contributed by atoms with Crippen LogP contribution in [0.25, 0.3) is 0 Å². The standard InChI is InChI=1S/C9H14N2.C4H11NO.3C2H6/c1-11(2)8-5-9-3-6-10-7-4-9;1-5(2)3-4-6;3*1-2/h3-4,6-7H,5,8H2,1-2H3;6H,3-4H2,1-2H3;3*1-2H3. The molecule has 0 saturated heterocycles. The van der Waals surface area contributed by atoms with Gasteiger partial charge in [0.1, 0.15) is 0 Å². The van der Waals surface area contributed by atoms with Crippen LogP contribution < -0.4 is 0 Å². The van der Waals surface area contributed by atoms with Crippen LogP contribution in [-0.2, 0) is 6.42 Å². The number of aliphatic hydroxyl groups is 1. The van der Waals surface area contributed by atoms with Crippen LogP contribution in [0.15, 0.2) is 24.5 Å². The fourth-order valence-electron chi connectivity index (χ4n) is 1.10. The van der Waals surface area contributed by atoms with E-state index in [4.69, 9.17) is 5.11 Å². The van der Waals surface area contributed by atoms with E-state index in [1.54, 1.807) is 0 Å². The van der Waals surface area contributed by atoms with E-state index in [9.17, 15) is 0 Å². The first kappa shape index (κ1) is 30.0. The van der Waals surface area contributed by atoms with E-state index in [1.165, 1.54) is 5.56 Å². The van der Waals surface area contributed by atoms with Crippen molar-refractivity contribution in [3.8, 4) is 0 Å². The summed E-state index contributed by atoms with van der Waals surface area (Å²) in [5, 5.41) is 8.20. The van der Waals surface area contributed by atoms with Gasteiger partial charge in [0.2, 0.25) is 0 Å². The van der Waals surface area contributed by atoms with Crippen molar-refractivity contribution >= 4 is 0 Å². The van der Waals surface area contributed by atoms with Gasteiger partial charge in [0.15, 0.2) is 0 Å². The second-order valence-electron chi connectivity index (χ2n) is 4.44. The van der Waals surface area contributed by atoms with Gasteiger partial charge >= 0.3 is 0 Å². The molecule has 4 nitrogen and oxygen atoms in total. The third-order valence-electron chi connectivity index (χ3n) is 2.14. The summed E-state index contributed by atoms with van der Waals surface area (Å²) in [7, 11) is 8.02. The highest BCUT2D eigenvalue weighted by molar-refractivity contribution is 5.09. The maximum Gasteiger partial charge on any atom is 0.0558 e. The van der Waals surface area contributed by atoms with E-state index >= 15 is 0 Å². The summed E-state index contributed by atoms with van der Waals surface area (Å²) in [5.74, 6) is 0. The quantitative estimate of drug-likeness (QED) is 0.892. The lowest BCUT2D eigenvalue weighted by Gasteiger charge is -2.08. The van der Waals surface area contributed by atoms with Gasteiger partial charge in [-0.15, -0.1) is 0 Å². The van der Waals surface area contributed by atoms with Crippen LogP contribution in [0.2, 0.25) is 0 Å². The van der Waals surface area contributed by atoms with Crippen molar-refractivity contribution in [2.24, 2.45) is 0 Å². The maximum atomic E-state index is 8.20. The summed E-state index contributed by atoms with van der Waals surface area (Å²) < 4.78 is 0. The first-order chi connectivity index (χ1) is 11.1. The Kier molecular flexibility index (Phi) is 37.9. The summed E-state index contributed by atoms with van der Waals surface area (Å²) in [5.41, 5.74) is 1.36. The van der Waals surface area contributed by atoms with Crippen LogP contribution in [0.5, 0.6) is 0 Å². The summed E-state index contributed by atoms with van der Waals surface area (Å²) in [6.45, 7) is 14.1. The van der Waals surface area contributed by atoms with Gasteiger partial charge in [-0.3, -0.25) is 4.98 Å². The normalized spacial score (nSPS) is 8.39. The first-order valence-corrected chi connectivity index (χ1v) is 8.85. The lowest BCUT2D eigenvalue weighted by molar-refractivity contribution is 0.243. The number of pyridine rings is 1. The van der Waals surface area contributed by atoms with Gasteiger partial charge < -0.3 is 14.9 Å². The number of hydrogen-bond acceptors (Lipinski definition) is 4. The lowest BCUT2D eigenvalue weighted by Crippen LogP contribution is -2.15. The molecule has 4 heteroatoms. The first-order valence-electron chi connectivity index (χ1n) is 8.85. The third kappa shape index (κ3) is 33.7. The molecule has 0 aliphatic heterocycles. The van der Waals surface area contributed by atoms with Crippen LogP contribution in [0.3, 0.4) is 0 Å². The van der Waals surface area contributed by atoms with Gasteiger partial charge in [-0.25, -0.2) is 0 Å². The van der Waals surface area contributed by atoms with Crippen molar-refractivity contribution in [3.63, 3.8) is 0 Å². The van der Waals surface area contributed by atoms with Crippen molar-refractivity contribution in [1.82, 2.24) is 14.8 Å². The summed E-state index contributed by atoms with van der Waals surface area (Å²) in [4.78, 5) is 8.07. The highest BCUT2D eigenvalue weighted by Crippen LogP contribution is 1.97. The van der Waals surface area contributed by atoms with E-state index in [0.29, 0.717) is 0 Å². The predicted molar refractivity (Wildman–Crippen MR) is 106 cm³/mol. The number of rotatable bonds is 5. The second kappa shape index (κ2) is 29.1. The van der Waals surface area contributed by atoms with Gasteiger partial charge in [0, 0.05) is 25.5 Å². The molecule has 1 rings (SSSR count). The summed E-state index contributed by atoms with van der Waals surface area (Å²) in [6.07, 6.45) is 4.78. The molecule has 0 unspecified atom stereocenters. The number of hydrogen-bond donors (Lipinski definition) is 1. The minimum atomic E-state index is 0.257. The molecule has 0 saturated carbocycles. The molecule has 1 aromatic rings. The molecule has 0 fully saturated rings. The van der Waals surface area contributed by atoms with E-state index in [2.05, 4.69) is 36.1 Å². The van der Waals surface area contributed by atoms with E-state index in [-0.39, 0.29) is 6.61 Å². The fraction of sp³-hybridized carbons (Fsp3) is 0.737. The molecular formula is C19H43N3O. The number of likely N-dealkylation sites (N-methyl/N-ethyl adjacent to an activating group) is 2. The van der Waals surface area contributed by atoms with Gasteiger partial charge in [-0.05, 0) is 52.3 Å². The van der Waals surface area contributed by atoms with Crippen LogP contribution in [-0.4, -0.2) is 67.8 Å². The zero-order valence-electron chi connectivity index (χ0n) is 17.4. The molecule has 1 heterocycles. The lowest BCUT2D eigenvalue weighted by atomic mass is 10.2. The Bertz CT molecular complexity index is 265. The van der Waals surface area contributed by atoms with Crippen molar-refractivity contribution in [2.45, 2.75) is 48.0 Å². The minimum absolute atomic E-state index is 0.257. The Balaban J connectivity index is -0.000000129. The molecule has 0 aliphatic rings. The smallest absolute Gasteiger partial charge is 0.0558 e. The van der Waals surface area contributed by atoms with Gasteiger partial charge in [0.05, 0.1) is 6.61 Å². The highest BCUT2D eigenvalue weighted by Gasteiger charge is 1.92. The Morgan fingerprint density at radius 2 is 1.17 bits per heavy atom. The highest BCUT2D eigenvalue weighted by atomic mass is 16.3. The molecule has 23 heavy (non-hydrogen) atoms. The van der Waals surface area contributed by atoms with E-state index in [1.807, 2.05) is 72.9 Å². The van der Waals surface area contributed by atoms with E-state index < -0.39 is 0 Å². The van der Waals surface area contributed by atoms with Gasteiger partial charge in [0.25, 0.3) is 0 Å². The Hall–Kier alpha value is -0.970. The molecule has 0 bridgehead atoms. The average Bonchev–Trinajstić information content (AvgIpc) is 2.60. The molecule has 1 N–H and O–H groups in total. The molecule has 0 aromatic carbocycles. The van der Waals surface area contributed by atoms with Crippen molar-refractivity contribution in [2.75, 3.05) is 47.9 Å². The SMILES string of the molecule is CC.CC.CC.CN(C)CCO.CN(C)CCc1ccncc1. The molecule has 0 radical (unpaired) electrons. The summed E-state index contributed by atoms with van der Waals surface area (Å²) in [6, 6.07) is 4.12. The van der Waals surface area contributed by atoms with Crippen LogP contribution >= 0.6 is 0 Å². The Morgan fingerprint density at radius 1 is 0.783 bits per heavy atom. The summed E-state index contributed by atoms with van der Waals surface area (Å²) >= 11 is 0. The Labute approximate surface area is 146 Å². The van der Waals surface area contributed by atoms with Crippen molar-refractivity contribution < 1.29 is 5.11 Å². The molecule has 0 amide bonds. The maximum absolute atomic E-state index is 8.20. The topological polar surface area (TPSA) is 39.6 Å². The van der Waals surface area contributed by atoms with Gasteiger partial charge in [-0.2, -0.15) is 0 Å². The second-order valence-corrected chi connectivity index (χ2v) is 4.44. The van der Waals surface area contributed by atoms with Crippen molar-refractivity contribution in [3.05, 3.63) is 30.1 Å². The van der Waals surface area contributed by atoms with Gasteiger partial charge in [-0.1, -0.05) is 41.5 Å². The Morgan fingerprint density at radius 3 is 1.43 bits per heavy atom. The number of aliphatic hydroxyl groups excluding tert-OH is 1. The van der Waals surface area contributed by atoms with Crippen LogP contribution in [0.4, 0.5) is 0 Å². The molecule has 1 aromatic heterocycles.